The molecule has 94 valence electrons. The largest absolute Gasteiger partial charge is 0.495 e. The van der Waals surface area contributed by atoms with Gasteiger partial charge in [-0.25, -0.2) is 0 Å². The van der Waals surface area contributed by atoms with Crippen LogP contribution in [0, 0.1) is 0 Å². The molecule has 0 saturated heterocycles. The van der Waals surface area contributed by atoms with Crippen molar-refractivity contribution in [2.45, 2.75) is 31.9 Å². The zero-order valence-corrected chi connectivity index (χ0v) is 11.0. The minimum atomic E-state index is 0.422. The number of ether oxygens (including phenoxy) is 2. The Kier molecular flexibility index (Phi) is 4.13. The summed E-state index contributed by atoms with van der Waals surface area (Å²) in [6.07, 6.45) is 2.56. The van der Waals surface area contributed by atoms with Crippen LogP contribution in [0.2, 0.25) is 5.02 Å². The molecule has 3 nitrogen and oxygen atoms in total. The summed E-state index contributed by atoms with van der Waals surface area (Å²) in [7, 11) is 1.62. The van der Waals surface area contributed by atoms with Crippen molar-refractivity contribution in [3.63, 3.8) is 0 Å². The molecule has 0 heterocycles. The zero-order chi connectivity index (χ0) is 12.3. The molecule has 0 amide bonds. The molecule has 0 spiro atoms. The second kappa shape index (κ2) is 5.61. The van der Waals surface area contributed by atoms with Gasteiger partial charge in [0.15, 0.2) is 0 Å². The SMILES string of the molecule is CCOC1CC(Nc2ccc(OC)c(Cl)c2)C1. The number of hydrogen-bond donors (Lipinski definition) is 1. The number of nitrogens with one attached hydrogen (secondary N) is 1. The van der Waals surface area contributed by atoms with Crippen LogP contribution >= 0.6 is 11.6 Å². The maximum Gasteiger partial charge on any atom is 0.137 e. The Morgan fingerprint density at radius 2 is 2.18 bits per heavy atom. The summed E-state index contributed by atoms with van der Waals surface area (Å²) < 4.78 is 10.6. The number of rotatable bonds is 5. The average Bonchev–Trinajstić information content (AvgIpc) is 2.26. The molecule has 1 aliphatic rings. The Bertz CT molecular complexity index is 378. The minimum absolute atomic E-state index is 0.422. The molecule has 1 saturated carbocycles. The molecule has 2 rings (SSSR count). The number of benzene rings is 1. The fraction of sp³-hybridized carbons (Fsp3) is 0.538. The van der Waals surface area contributed by atoms with Crippen molar-refractivity contribution >= 4 is 17.3 Å². The van der Waals surface area contributed by atoms with E-state index in [1.165, 1.54) is 0 Å². The summed E-state index contributed by atoms with van der Waals surface area (Å²) in [5, 5.41) is 4.08. The van der Waals surface area contributed by atoms with Gasteiger partial charge in [-0.2, -0.15) is 0 Å². The lowest BCUT2D eigenvalue weighted by Crippen LogP contribution is -2.40. The van der Waals surface area contributed by atoms with Crippen LogP contribution < -0.4 is 10.1 Å². The Hall–Kier alpha value is -0.930. The van der Waals surface area contributed by atoms with Gasteiger partial charge in [0, 0.05) is 18.3 Å². The topological polar surface area (TPSA) is 30.5 Å². The molecule has 0 atom stereocenters. The summed E-state index contributed by atoms with van der Waals surface area (Å²) in [5.41, 5.74) is 1.04. The highest BCUT2D eigenvalue weighted by atomic mass is 35.5. The van der Waals surface area contributed by atoms with Gasteiger partial charge in [-0.1, -0.05) is 11.6 Å². The molecule has 1 N–H and O–H groups in total. The second-order valence-electron chi connectivity index (χ2n) is 4.24. The monoisotopic (exact) mass is 255 g/mol. The number of anilines is 1. The summed E-state index contributed by atoms with van der Waals surface area (Å²) in [6, 6.07) is 6.26. The van der Waals surface area contributed by atoms with E-state index in [-0.39, 0.29) is 0 Å². The molecule has 0 unspecified atom stereocenters. The van der Waals surface area contributed by atoms with Gasteiger partial charge < -0.3 is 14.8 Å². The van der Waals surface area contributed by atoms with E-state index in [1.54, 1.807) is 7.11 Å². The highest BCUT2D eigenvalue weighted by molar-refractivity contribution is 6.32. The highest BCUT2D eigenvalue weighted by Gasteiger charge is 2.29. The van der Waals surface area contributed by atoms with Crippen molar-refractivity contribution < 1.29 is 9.47 Å². The van der Waals surface area contributed by atoms with Crippen LogP contribution in [-0.4, -0.2) is 25.9 Å². The predicted molar refractivity (Wildman–Crippen MR) is 70.1 cm³/mol. The first-order valence-corrected chi connectivity index (χ1v) is 6.32. The molecule has 0 aromatic heterocycles. The van der Waals surface area contributed by atoms with E-state index in [1.807, 2.05) is 25.1 Å². The molecule has 0 aliphatic heterocycles. The van der Waals surface area contributed by atoms with Crippen LogP contribution in [0.4, 0.5) is 5.69 Å². The normalized spacial score (nSPS) is 23.0. The summed E-state index contributed by atoms with van der Waals surface area (Å²) >= 11 is 6.06. The maximum absolute atomic E-state index is 6.06. The van der Waals surface area contributed by atoms with Crippen molar-refractivity contribution in [2.75, 3.05) is 19.0 Å². The van der Waals surface area contributed by atoms with E-state index in [4.69, 9.17) is 21.1 Å². The van der Waals surface area contributed by atoms with Crippen LogP contribution in [0.3, 0.4) is 0 Å². The number of hydrogen-bond acceptors (Lipinski definition) is 3. The zero-order valence-electron chi connectivity index (χ0n) is 10.2. The first-order chi connectivity index (χ1) is 8.22. The number of halogens is 1. The van der Waals surface area contributed by atoms with Crippen LogP contribution in [0.15, 0.2) is 18.2 Å². The van der Waals surface area contributed by atoms with Gasteiger partial charge in [-0.15, -0.1) is 0 Å². The van der Waals surface area contributed by atoms with Crippen LogP contribution in [0.25, 0.3) is 0 Å². The van der Waals surface area contributed by atoms with Gasteiger partial charge in [-0.3, -0.25) is 0 Å². The van der Waals surface area contributed by atoms with Crippen LogP contribution in [0.1, 0.15) is 19.8 Å². The van der Waals surface area contributed by atoms with Gasteiger partial charge in [0.1, 0.15) is 5.75 Å². The molecule has 17 heavy (non-hydrogen) atoms. The maximum atomic E-state index is 6.06. The molecule has 1 aliphatic carbocycles. The van der Waals surface area contributed by atoms with Gasteiger partial charge in [-0.05, 0) is 38.0 Å². The van der Waals surface area contributed by atoms with Crippen LogP contribution in [0.5, 0.6) is 5.75 Å². The third-order valence-electron chi connectivity index (χ3n) is 3.02. The lowest BCUT2D eigenvalue weighted by atomic mass is 9.89. The number of methoxy groups -OCH3 is 1. The fourth-order valence-electron chi connectivity index (χ4n) is 2.05. The Morgan fingerprint density at radius 1 is 1.41 bits per heavy atom. The summed E-state index contributed by atoms with van der Waals surface area (Å²) in [4.78, 5) is 0. The highest BCUT2D eigenvalue weighted by Crippen LogP contribution is 2.31. The standard InChI is InChI=1S/C13H18ClNO2/c1-3-17-11-6-10(7-11)15-9-4-5-13(16-2)12(14)8-9/h4-5,8,10-11,15H,3,6-7H2,1-2H3. The molecule has 0 bridgehead atoms. The lowest BCUT2D eigenvalue weighted by Gasteiger charge is -2.36. The Labute approximate surface area is 107 Å². The average molecular weight is 256 g/mol. The minimum Gasteiger partial charge on any atom is -0.495 e. The van der Waals surface area contributed by atoms with Gasteiger partial charge in [0.25, 0.3) is 0 Å². The Balaban J connectivity index is 1.86. The van der Waals surface area contributed by atoms with Crippen molar-refractivity contribution in [1.29, 1.82) is 0 Å². The van der Waals surface area contributed by atoms with Crippen LogP contribution in [-0.2, 0) is 4.74 Å². The molecule has 1 aromatic carbocycles. The quantitative estimate of drug-likeness (QED) is 0.876. The van der Waals surface area contributed by atoms with E-state index in [9.17, 15) is 0 Å². The molecule has 1 fully saturated rings. The van der Waals surface area contributed by atoms with Crippen molar-refractivity contribution in [2.24, 2.45) is 0 Å². The van der Waals surface area contributed by atoms with E-state index in [0.717, 1.165) is 25.1 Å². The van der Waals surface area contributed by atoms with Gasteiger partial charge >= 0.3 is 0 Å². The summed E-state index contributed by atoms with van der Waals surface area (Å²) in [5.74, 6) is 0.706. The third kappa shape index (κ3) is 3.05. The van der Waals surface area contributed by atoms with Gasteiger partial charge in [0.05, 0.1) is 18.2 Å². The van der Waals surface area contributed by atoms with E-state index in [0.29, 0.717) is 22.9 Å². The first-order valence-electron chi connectivity index (χ1n) is 5.94. The van der Waals surface area contributed by atoms with E-state index < -0.39 is 0 Å². The third-order valence-corrected chi connectivity index (χ3v) is 3.32. The predicted octanol–water partition coefficient (Wildman–Crippen LogP) is 3.33. The molecular weight excluding hydrogens is 238 g/mol. The lowest BCUT2D eigenvalue weighted by molar-refractivity contribution is 0.00299. The molecule has 0 radical (unpaired) electrons. The smallest absolute Gasteiger partial charge is 0.137 e. The molecular formula is C13H18ClNO2. The van der Waals surface area contributed by atoms with Gasteiger partial charge in [0.2, 0.25) is 0 Å². The second-order valence-corrected chi connectivity index (χ2v) is 4.65. The van der Waals surface area contributed by atoms with Crippen molar-refractivity contribution in [3.8, 4) is 5.75 Å². The first kappa shape index (κ1) is 12.5. The van der Waals surface area contributed by atoms with Crippen molar-refractivity contribution in [1.82, 2.24) is 0 Å². The van der Waals surface area contributed by atoms with E-state index >= 15 is 0 Å². The van der Waals surface area contributed by atoms with E-state index in [2.05, 4.69) is 5.32 Å². The van der Waals surface area contributed by atoms with Crippen molar-refractivity contribution in [3.05, 3.63) is 23.2 Å². The summed E-state index contributed by atoms with van der Waals surface area (Å²) in [6.45, 7) is 2.83. The molecule has 4 heteroatoms. The fourth-order valence-corrected chi connectivity index (χ4v) is 2.30. The Morgan fingerprint density at radius 3 is 2.76 bits per heavy atom. The molecule has 1 aromatic rings.